The maximum Gasteiger partial charge on any atom is 0.324 e. The fourth-order valence-electron chi connectivity index (χ4n) is 3.16. The van der Waals surface area contributed by atoms with Gasteiger partial charge in [-0.05, 0) is 50.2 Å². The third kappa shape index (κ3) is 6.50. The molecule has 2 N–H and O–H groups in total. The summed E-state index contributed by atoms with van der Waals surface area (Å²) in [5.41, 5.74) is 1.53. The van der Waals surface area contributed by atoms with Crippen molar-refractivity contribution in [3.63, 3.8) is 0 Å². The van der Waals surface area contributed by atoms with Gasteiger partial charge in [0, 0.05) is 24.5 Å². The van der Waals surface area contributed by atoms with Crippen LogP contribution in [-0.2, 0) is 29.1 Å². The van der Waals surface area contributed by atoms with Gasteiger partial charge in [0.25, 0.3) is 5.91 Å². The molecule has 33 heavy (non-hydrogen) atoms. The summed E-state index contributed by atoms with van der Waals surface area (Å²) >= 11 is 0. The number of esters is 1. The Kier molecular flexibility index (Phi) is 8.01. The molecule has 0 unspecified atom stereocenters. The van der Waals surface area contributed by atoms with Crippen molar-refractivity contribution in [1.82, 2.24) is 4.72 Å². The Bertz CT molecular complexity index is 1090. The molecule has 1 aliphatic heterocycles. The zero-order valence-corrected chi connectivity index (χ0v) is 19.1. The highest BCUT2D eigenvalue weighted by molar-refractivity contribution is 7.89. The number of carbonyl (C=O) groups is 2. The maximum atomic E-state index is 13.8. The Morgan fingerprint density at radius 1 is 1.06 bits per heavy atom. The molecule has 1 aliphatic rings. The zero-order valence-electron chi connectivity index (χ0n) is 18.3. The van der Waals surface area contributed by atoms with E-state index >= 15 is 0 Å². The summed E-state index contributed by atoms with van der Waals surface area (Å²) < 4.78 is 50.9. The summed E-state index contributed by atoms with van der Waals surface area (Å²) in [6.45, 7) is 5.52. The highest BCUT2D eigenvalue weighted by Crippen LogP contribution is 2.19. The second kappa shape index (κ2) is 10.7. The normalized spacial score (nSPS) is 16.0. The van der Waals surface area contributed by atoms with Gasteiger partial charge in [-0.2, -0.15) is 4.72 Å². The van der Waals surface area contributed by atoms with Crippen LogP contribution in [0.25, 0.3) is 0 Å². The van der Waals surface area contributed by atoms with Crippen molar-refractivity contribution in [2.24, 2.45) is 0 Å². The number of hydrogen-bond donors (Lipinski definition) is 2. The van der Waals surface area contributed by atoms with Gasteiger partial charge < -0.3 is 19.7 Å². The van der Waals surface area contributed by atoms with Gasteiger partial charge in [0.2, 0.25) is 10.0 Å². The minimum absolute atomic E-state index is 0.521. The largest absolute Gasteiger partial charge is 0.451 e. The summed E-state index contributed by atoms with van der Waals surface area (Å²) in [6.07, 6.45) is -1.18. The Morgan fingerprint density at radius 2 is 1.70 bits per heavy atom. The minimum Gasteiger partial charge on any atom is -0.451 e. The van der Waals surface area contributed by atoms with Crippen molar-refractivity contribution >= 4 is 33.3 Å². The lowest BCUT2D eigenvalue weighted by Gasteiger charge is -2.29. The van der Waals surface area contributed by atoms with Crippen molar-refractivity contribution in [2.45, 2.75) is 30.9 Å². The van der Waals surface area contributed by atoms with Crippen LogP contribution in [0.5, 0.6) is 0 Å². The molecule has 0 aromatic heterocycles. The van der Waals surface area contributed by atoms with Gasteiger partial charge in [0.05, 0.1) is 13.2 Å². The average molecular weight is 480 g/mol. The van der Waals surface area contributed by atoms with Crippen molar-refractivity contribution < 1.29 is 31.9 Å². The second-order valence-electron chi connectivity index (χ2n) is 7.49. The first-order chi connectivity index (χ1) is 15.7. The summed E-state index contributed by atoms with van der Waals surface area (Å²) in [6, 6.07) is 10.7. The summed E-state index contributed by atoms with van der Waals surface area (Å²) in [5, 5.41) is 2.65. The topological polar surface area (TPSA) is 114 Å². The Labute approximate surface area is 191 Å². The number of benzene rings is 2. The third-order valence-electron chi connectivity index (χ3n) is 4.98. The van der Waals surface area contributed by atoms with E-state index in [0.717, 1.165) is 30.9 Å². The first-order valence-electron chi connectivity index (χ1n) is 10.4. The van der Waals surface area contributed by atoms with E-state index in [0.29, 0.717) is 18.9 Å². The first-order valence-corrected chi connectivity index (χ1v) is 11.9. The van der Waals surface area contributed by atoms with Gasteiger partial charge in [0.15, 0.2) is 6.10 Å². The fraction of sp³-hybridized carbons (Fsp3) is 0.364. The Balaban J connectivity index is 1.53. The summed E-state index contributed by atoms with van der Waals surface area (Å²) in [4.78, 5) is 26.3. The molecule has 178 valence electrons. The fourth-order valence-corrected chi connectivity index (χ4v) is 4.43. The van der Waals surface area contributed by atoms with E-state index in [1.807, 2.05) is 12.1 Å². The van der Waals surface area contributed by atoms with E-state index in [2.05, 4.69) is 14.9 Å². The second-order valence-corrected chi connectivity index (χ2v) is 9.17. The SMILES string of the molecule is C[C@H](NS(=O)(=O)c1ccccc1F)C(=O)O[C@@H](C)C(=O)Nc1ccc(N2CCOCC2)cc1. The van der Waals surface area contributed by atoms with E-state index in [1.165, 1.54) is 26.0 Å². The number of nitrogens with one attached hydrogen (secondary N) is 2. The number of rotatable bonds is 8. The number of carbonyl (C=O) groups excluding carboxylic acids is 2. The van der Waals surface area contributed by atoms with Crippen LogP contribution in [0.4, 0.5) is 15.8 Å². The molecular weight excluding hydrogens is 453 g/mol. The molecule has 2 aromatic carbocycles. The molecular formula is C22H26FN3O6S. The predicted molar refractivity (Wildman–Crippen MR) is 120 cm³/mol. The van der Waals surface area contributed by atoms with Crippen LogP contribution in [0.3, 0.4) is 0 Å². The van der Waals surface area contributed by atoms with E-state index < -0.39 is 44.8 Å². The molecule has 0 radical (unpaired) electrons. The minimum atomic E-state index is -4.29. The lowest BCUT2D eigenvalue weighted by molar-refractivity contribution is -0.154. The number of ether oxygens (including phenoxy) is 2. The van der Waals surface area contributed by atoms with Crippen LogP contribution in [-0.4, -0.2) is 58.7 Å². The standard InChI is InChI=1S/C22H26FN3O6S/c1-15(25-33(29,30)20-6-4-3-5-19(20)23)22(28)32-16(2)21(27)24-17-7-9-18(10-8-17)26-11-13-31-14-12-26/h3-10,15-16,25H,11-14H2,1-2H3,(H,24,27)/t15-,16-/m0/s1. The van der Waals surface area contributed by atoms with Gasteiger partial charge >= 0.3 is 5.97 Å². The van der Waals surface area contributed by atoms with Crippen molar-refractivity contribution in [1.29, 1.82) is 0 Å². The average Bonchev–Trinajstić information content (AvgIpc) is 2.80. The summed E-state index contributed by atoms with van der Waals surface area (Å²) in [5.74, 6) is -2.50. The molecule has 0 aliphatic carbocycles. The monoisotopic (exact) mass is 479 g/mol. The molecule has 1 saturated heterocycles. The molecule has 9 nitrogen and oxygen atoms in total. The molecule has 11 heteroatoms. The smallest absolute Gasteiger partial charge is 0.324 e. The van der Waals surface area contributed by atoms with Crippen LogP contribution < -0.4 is 14.9 Å². The molecule has 2 aromatic rings. The number of amides is 1. The van der Waals surface area contributed by atoms with Gasteiger partial charge in [-0.3, -0.25) is 9.59 Å². The van der Waals surface area contributed by atoms with E-state index in [4.69, 9.17) is 9.47 Å². The molecule has 0 saturated carbocycles. The number of sulfonamides is 1. The highest BCUT2D eigenvalue weighted by Gasteiger charge is 2.28. The Hall–Kier alpha value is -3.02. The van der Waals surface area contributed by atoms with Gasteiger partial charge in [0.1, 0.15) is 16.8 Å². The Morgan fingerprint density at radius 3 is 2.33 bits per heavy atom. The molecule has 1 fully saturated rings. The lowest BCUT2D eigenvalue weighted by Crippen LogP contribution is -2.42. The van der Waals surface area contributed by atoms with Crippen molar-refractivity contribution in [3.8, 4) is 0 Å². The quantitative estimate of drug-likeness (QED) is 0.556. The van der Waals surface area contributed by atoms with Crippen molar-refractivity contribution in [2.75, 3.05) is 36.5 Å². The number of hydrogen-bond acceptors (Lipinski definition) is 7. The van der Waals surface area contributed by atoms with Crippen LogP contribution in [0.2, 0.25) is 0 Å². The number of anilines is 2. The lowest BCUT2D eigenvalue weighted by atomic mass is 10.2. The predicted octanol–water partition coefficient (Wildman–Crippen LogP) is 1.90. The van der Waals surface area contributed by atoms with E-state index in [9.17, 15) is 22.4 Å². The van der Waals surface area contributed by atoms with Gasteiger partial charge in [-0.25, -0.2) is 12.8 Å². The zero-order chi connectivity index (χ0) is 24.0. The molecule has 2 atom stereocenters. The van der Waals surface area contributed by atoms with Crippen LogP contribution in [0.1, 0.15) is 13.8 Å². The molecule has 1 amide bonds. The first kappa shape index (κ1) is 24.6. The molecule has 0 spiro atoms. The van der Waals surface area contributed by atoms with E-state index in [1.54, 1.807) is 12.1 Å². The molecule has 1 heterocycles. The third-order valence-corrected chi connectivity index (χ3v) is 6.56. The number of halogens is 1. The highest BCUT2D eigenvalue weighted by atomic mass is 32.2. The number of morpholine rings is 1. The maximum absolute atomic E-state index is 13.8. The van der Waals surface area contributed by atoms with Crippen LogP contribution in [0, 0.1) is 5.82 Å². The van der Waals surface area contributed by atoms with E-state index in [-0.39, 0.29) is 0 Å². The number of nitrogens with zero attached hydrogens (tertiary/aromatic N) is 1. The van der Waals surface area contributed by atoms with Crippen LogP contribution in [0.15, 0.2) is 53.4 Å². The van der Waals surface area contributed by atoms with Crippen LogP contribution >= 0.6 is 0 Å². The van der Waals surface area contributed by atoms with Gasteiger partial charge in [-0.15, -0.1) is 0 Å². The van der Waals surface area contributed by atoms with Crippen molar-refractivity contribution in [3.05, 3.63) is 54.3 Å². The summed E-state index contributed by atoms with van der Waals surface area (Å²) in [7, 11) is -4.29. The van der Waals surface area contributed by atoms with Gasteiger partial charge in [-0.1, -0.05) is 12.1 Å². The molecule has 3 rings (SSSR count). The molecule has 0 bridgehead atoms.